The van der Waals surface area contributed by atoms with Crippen molar-refractivity contribution in [3.05, 3.63) is 57.3 Å². The summed E-state index contributed by atoms with van der Waals surface area (Å²) in [4.78, 5) is 3.55. The molecule has 0 amide bonds. The molecule has 1 aliphatic rings. The maximum atomic E-state index is 13.2. The molecule has 1 aromatic heterocycles. The lowest BCUT2D eigenvalue weighted by Crippen LogP contribution is -2.33. The van der Waals surface area contributed by atoms with E-state index in [0.29, 0.717) is 12.1 Å². The Bertz CT molecular complexity index is 614. The van der Waals surface area contributed by atoms with Crippen molar-refractivity contribution in [3.8, 4) is 0 Å². The molecule has 20 heavy (non-hydrogen) atoms. The first-order valence-electron chi connectivity index (χ1n) is 6.54. The Morgan fingerprint density at radius 3 is 2.90 bits per heavy atom. The number of hydrogen-bond acceptors (Lipinski definition) is 3. The third-order valence-electron chi connectivity index (χ3n) is 3.65. The first-order chi connectivity index (χ1) is 9.63. The van der Waals surface area contributed by atoms with E-state index in [1.807, 2.05) is 0 Å². The number of thiophene rings is 1. The summed E-state index contributed by atoms with van der Waals surface area (Å²) in [5.41, 5.74) is 1.72. The van der Waals surface area contributed by atoms with Crippen molar-refractivity contribution < 1.29 is 13.9 Å². The molecule has 0 bridgehead atoms. The molecular weight excluding hydrogens is 280 g/mol. The number of rotatable bonds is 3. The molecule has 1 atom stereocenters. The highest BCUT2D eigenvalue weighted by Gasteiger charge is 2.20. The molecule has 0 aliphatic carbocycles. The number of aliphatic hydroxyl groups excluding tert-OH is 1. The van der Waals surface area contributed by atoms with Gasteiger partial charge in [0.15, 0.2) is 11.6 Å². The van der Waals surface area contributed by atoms with E-state index >= 15 is 0 Å². The van der Waals surface area contributed by atoms with Crippen LogP contribution in [0.25, 0.3) is 0 Å². The van der Waals surface area contributed by atoms with Gasteiger partial charge in [-0.05, 0) is 41.1 Å². The minimum Gasteiger partial charge on any atom is -0.387 e. The van der Waals surface area contributed by atoms with E-state index < -0.39 is 17.7 Å². The Balaban J connectivity index is 1.67. The fourth-order valence-corrected chi connectivity index (χ4v) is 3.42. The standard InChI is InChI=1S/C15H15F2NOS/c16-12-2-1-10(7-13(12)17)14(19)9-18-5-3-15-11(8-18)4-6-20-15/h1-2,4,6-7,14,19H,3,5,8-9H2. The van der Waals surface area contributed by atoms with Crippen molar-refractivity contribution >= 4 is 11.3 Å². The Morgan fingerprint density at radius 2 is 2.10 bits per heavy atom. The van der Waals surface area contributed by atoms with Gasteiger partial charge in [-0.1, -0.05) is 6.07 Å². The van der Waals surface area contributed by atoms with Gasteiger partial charge in [0, 0.05) is 24.5 Å². The van der Waals surface area contributed by atoms with Crippen molar-refractivity contribution in [2.75, 3.05) is 13.1 Å². The van der Waals surface area contributed by atoms with Crippen LogP contribution < -0.4 is 0 Å². The average molecular weight is 295 g/mol. The smallest absolute Gasteiger partial charge is 0.159 e. The van der Waals surface area contributed by atoms with Crippen LogP contribution >= 0.6 is 11.3 Å². The molecule has 1 unspecified atom stereocenters. The van der Waals surface area contributed by atoms with Gasteiger partial charge in [-0.2, -0.15) is 0 Å². The topological polar surface area (TPSA) is 23.5 Å². The Hall–Kier alpha value is -1.30. The van der Waals surface area contributed by atoms with Crippen molar-refractivity contribution in [2.45, 2.75) is 19.1 Å². The predicted octanol–water partition coefficient (Wildman–Crippen LogP) is 3.12. The van der Waals surface area contributed by atoms with Gasteiger partial charge in [-0.15, -0.1) is 11.3 Å². The van der Waals surface area contributed by atoms with Gasteiger partial charge >= 0.3 is 0 Å². The second-order valence-electron chi connectivity index (χ2n) is 5.04. The van der Waals surface area contributed by atoms with Crippen molar-refractivity contribution in [1.29, 1.82) is 0 Å². The highest BCUT2D eigenvalue weighted by atomic mass is 32.1. The average Bonchev–Trinajstić information content (AvgIpc) is 2.89. The number of aliphatic hydroxyl groups is 1. The van der Waals surface area contributed by atoms with Gasteiger partial charge in [0.25, 0.3) is 0 Å². The van der Waals surface area contributed by atoms with Crippen molar-refractivity contribution in [1.82, 2.24) is 4.90 Å². The lowest BCUT2D eigenvalue weighted by atomic mass is 10.1. The molecule has 0 saturated carbocycles. The van der Waals surface area contributed by atoms with Crippen LogP contribution in [0.4, 0.5) is 8.78 Å². The largest absolute Gasteiger partial charge is 0.387 e. The molecule has 0 saturated heterocycles. The normalized spacial score (nSPS) is 16.9. The maximum absolute atomic E-state index is 13.2. The zero-order chi connectivity index (χ0) is 14.1. The molecule has 2 nitrogen and oxygen atoms in total. The van der Waals surface area contributed by atoms with E-state index in [9.17, 15) is 13.9 Å². The summed E-state index contributed by atoms with van der Waals surface area (Å²) in [7, 11) is 0. The van der Waals surface area contributed by atoms with Gasteiger partial charge in [0.2, 0.25) is 0 Å². The number of fused-ring (bicyclic) bond motifs is 1. The van der Waals surface area contributed by atoms with Crippen LogP contribution in [0.1, 0.15) is 22.1 Å². The summed E-state index contributed by atoms with van der Waals surface area (Å²) < 4.78 is 26.1. The number of benzene rings is 1. The van der Waals surface area contributed by atoms with Crippen LogP contribution in [-0.2, 0) is 13.0 Å². The molecule has 0 spiro atoms. The molecular formula is C15H15F2NOS. The fourth-order valence-electron chi connectivity index (χ4n) is 2.53. The lowest BCUT2D eigenvalue weighted by Gasteiger charge is -2.28. The highest BCUT2D eigenvalue weighted by molar-refractivity contribution is 7.10. The fraction of sp³-hybridized carbons (Fsp3) is 0.333. The van der Waals surface area contributed by atoms with Gasteiger partial charge in [0.05, 0.1) is 6.10 Å². The number of hydrogen-bond donors (Lipinski definition) is 1. The molecule has 1 aromatic carbocycles. The number of β-amino-alcohol motifs (C(OH)–C–C–N with tert-alkyl or cyclic N) is 1. The summed E-state index contributed by atoms with van der Waals surface area (Å²) in [6, 6.07) is 5.67. The SMILES string of the molecule is OC(CN1CCc2sccc2C1)c1ccc(F)c(F)c1. The third kappa shape index (κ3) is 2.75. The number of nitrogens with zero attached hydrogens (tertiary/aromatic N) is 1. The zero-order valence-corrected chi connectivity index (χ0v) is 11.7. The predicted molar refractivity (Wildman–Crippen MR) is 74.6 cm³/mol. The first-order valence-corrected chi connectivity index (χ1v) is 7.42. The minimum absolute atomic E-state index is 0.417. The lowest BCUT2D eigenvalue weighted by molar-refractivity contribution is 0.106. The van der Waals surface area contributed by atoms with E-state index in [4.69, 9.17) is 0 Å². The summed E-state index contributed by atoms with van der Waals surface area (Å²) in [6.07, 6.45) is 0.183. The second-order valence-corrected chi connectivity index (χ2v) is 6.04. The Morgan fingerprint density at radius 1 is 1.25 bits per heavy atom. The summed E-state index contributed by atoms with van der Waals surface area (Å²) >= 11 is 1.77. The van der Waals surface area contributed by atoms with Crippen LogP contribution in [-0.4, -0.2) is 23.1 Å². The molecule has 1 N–H and O–H groups in total. The van der Waals surface area contributed by atoms with E-state index in [1.54, 1.807) is 11.3 Å². The maximum Gasteiger partial charge on any atom is 0.159 e. The molecule has 1 aliphatic heterocycles. The van der Waals surface area contributed by atoms with Crippen molar-refractivity contribution in [2.24, 2.45) is 0 Å². The quantitative estimate of drug-likeness (QED) is 0.940. The van der Waals surface area contributed by atoms with Crippen LogP contribution in [0.2, 0.25) is 0 Å². The van der Waals surface area contributed by atoms with Crippen molar-refractivity contribution in [3.63, 3.8) is 0 Å². The minimum atomic E-state index is -0.916. The van der Waals surface area contributed by atoms with Crippen LogP contribution in [0, 0.1) is 11.6 Å². The van der Waals surface area contributed by atoms with E-state index in [0.717, 1.165) is 31.6 Å². The molecule has 0 radical (unpaired) electrons. The summed E-state index contributed by atoms with van der Waals surface area (Å²) in [5.74, 6) is -1.80. The van der Waals surface area contributed by atoms with E-state index in [-0.39, 0.29) is 0 Å². The van der Waals surface area contributed by atoms with Crippen LogP contribution in [0.3, 0.4) is 0 Å². The molecule has 2 aromatic rings. The van der Waals surface area contributed by atoms with Gasteiger partial charge in [0.1, 0.15) is 0 Å². The van der Waals surface area contributed by atoms with Crippen LogP contribution in [0.5, 0.6) is 0 Å². The molecule has 5 heteroatoms. The third-order valence-corrected chi connectivity index (χ3v) is 4.67. The molecule has 3 rings (SSSR count). The van der Waals surface area contributed by atoms with Crippen LogP contribution in [0.15, 0.2) is 29.6 Å². The Labute approximate surface area is 120 Å². The molecule has 2 heterocycles. The van der Waals surface area contributed by atoms with E-state index in [1.165, 1.54) is 16.5 Å². The summed E-state index contributed by atoms with van der Waals surface area (Å²) in [6.45, 7) is 2.12. The molecule has 0 fully saturated rings. The second kappa shape index (κ2) is 5.60. The van der Waals surface area contributed by atoms with Gasteiger partial charge in [-0.3, -0.25) is 4.90 Å². The monoisotopic (exact) mass is 295 g/mol. The molecule has 106 valence electrons. The number of halogens is 2. The summed E-state index contributed by atoms with van der Waals surface area (Å²) in [5, 5.41) is 12.2. The van der Waals surface area contributed by atoms with E-state index in [2.05, 4.69) is 16.3 Å². The zero-order valence-electron chi connectivity index (χ0n) is 10.9. The van der Waals surface area contributed by atoms with Gasteiger partial charge in [-0.25, -0.2) is 8.78 Å². The van der Waals surface area contributed by atoms with Gasteiger partial charge < -0.3 is 5.11 Å². The Kier molecular flexibility index (Phi) is 3.83. The highest BCUT2D eigenvalue weighted by Crippen LogP contribution is 2.26. The first kappa shape index (κ1) is 13.7.